The van der Waals surface area contributed by atoms with Crippen LogP contribution < -0.4 is 5.73 Å². The third-order valence-corrected chi connectivity index (χ3v) is 6.12. The Hall–Kier alpha value is -0.660. The van der Waals surface area contributed by atoms with Crippen molar-refractivity contribution in [3.05, 3.63) is 29.8 Å². The van der Waals surface area contributed by atoms with Crippen LogP contribution in [0.1, 0.15) is 31.2 Å². The Morgan fingerprint density at radius 3 is 2.70 bits per heavy atom. The summed E-state index contributed by atoms with van der Waals surface area (Å²) in [5, 5.41) is 0. The van der Waals surface area contributed by atoms with Crippen LogP contribution in [0.4, 0.5) is 0 Å². The van der Waals surface area contributed by atoms with Gasteiger partial charge in [0.15, 0.2) is 0 Å². The monoisotopic (exact) mass is 361 g/mol. The molecule has 1 unspecified atom stereocenters. The highest BCUT2D eigenvalue weighted by molar-refractivity contribution is 7.89. The maximum absolute atomic E-state index is 12.2. The van der Waals surface area contributed by atoms with Crippen LogP contribution in [0.15, 0.2) is 29.2 Å². The molecule has 23 heavy (non-hydrogen) atoms. The second kappa shape index (κ2) is 8.99. The van der Waals surface area contributed by atoms with E-state index in [0.29, 0.717) is 17.5 Å². The van der Waals surface area contributed by atoms with Gasteiger partial charge in [-0.1, -0.05) is 18.6 Å². The maximum Gasteiger partial charge on any atom is 0.242 e. The molecule has 1 aliphatic heterocycles. The summed E-state index contributed by atoms with van der Waals surface area (Å²) < 4.78 is 25.7. The highest BCUT2D eigenvalue weighted by atomic mass is 35.5. The fourth-order valence-electron chi connectivity index (χ4n) is 3.04. The smallest absolute Gasteiger partial charge is 0.242 e. The van der Waals surface area contributed by atoms with Crippen LogP contribution >= 0.6 is 12.4 Å². The SMILES string of the molecule is CN(C)S(=O)(=O)c1cccc(CN2CCCCC2CCN)c1.Cl. The van der Waals surface area contributed by atoms with Crippen molar-refractivity contribution in [3.8, 4) is 0 Å². The number of rotatable bonds is 6. The third-order valence-electron chi connectivity index (χ3n) is 4.31. The molecule has 0 spiro atoms. The van der Waals surface area contributed by atoms with E-state index in [-0.39, 0.29) is 12.4 Å². The lowest BCUT2D eigenvalue weighted by atomic mass is 9.98. The number of hydrogen-bond acceptors (Lipinski definition) is 4. The van der Waals surface area contributed by atoms with Crippen molar-refractivity contribution < 1.29 is 8.42 Å². The molecule has 1 atom stereocenters. The van der Waals surface area contributed by atoms with Gasteiger partial charge in [0.2, 0.25) is 10.0 Å². The average molecular weight is 362 g/mol. The Kier molecular flexibility index (Phi) is 7.97. The van der Waals surface area contributed by atoms with Crippen LogP contribution in [0.25, 0.3) is 0 Å². The van der Waals surface area contributed by atoms with Crippen molar-refractivity contribution in [2.24, 2.45) is 5.73 Å². The first-order chi connectivity index (χ1) is 10.4. The van der Waals surface area contributed by atoms with Gasteiger partial charge in [-0.2, -0.15) is 0 Å². The molecule has 0 saturated carbocycles. The highest BCUT2D eigenvalue weighted by Crippen LogP contribution is 2.23. The van der Waals surface area contributed by atoms with Gasteiger partial charge in [-0.15, -0.1) is 12.4 Å². The Morgan fingerprint density at radius 1 is 1.30 bits per heavy atom. The van der Waals surface area contributed by atoms with Gasteiger partial charge < -0.3 is 5.73 Å². The standard InChI is InChI=1S/C16H27N3O2S.ClH/c1-18(2)22(20,21)16-8-5-6-14(12-16)13-19-11-4-3-7-15(19)9-10-17;/h5-6,8,12,15H,3-4,7,9-11,13,17H2,1-2H3;1H. The van der Waals surface area contributed by atoms with Crippen molar-refractivity contribution in [3.63, 3.8) is 0 Å². The zero-order chi connectivity index (χ0) is 16.2. The molecule has 5 nitrogen and oxygen atoms in total. The summed E-state index contributed by atoms with van der Waals surface area (Å²) in [7, 11) is -0.250. The molecule has 0 amide bonds. The Labute approximate surface area is 146 Å². The van der Waals surface area contributed by atoms with Gasteiger partial charge in [0.25, 0.3) is 0 Å². The number of hydrogen-bond donors (Lipinski definition) is 1. The van der Waals surface area contributed by atoms with Crippen molar-refractivity contribution in [1.29, 1.82) is 0 Å². The van der Waals surface area contributed by atoms with E-state index in [1.54, 1.807) is 26.2 Å². The molecule has 1 fully saturated rings. The minimum atomic E-state index is -3.37. The normalized spacial score (nSPS) is 19.6. The molecule has 7 heteroatoms. The maximum atomic E-state index is 12.2. The quantitative estimate of drug-likeness (QED) is 0.842. The first-order valence-electron chi connectivity index (χ1n) is 7.90. The van der Waals surface area contributed by atoms with Crippen LogP contribution in [0.5, 0.6) is 0 Å². The van der Waals surface area contributed by atoms with E-state index in [0.717, 1.165) is 25.1 Å². The largest absolute Gasteiger partial charge is 0.330 e. The number of nitrogens with two attached hydrogens (primary N) is 1. The fraction of sp³-hybridized carbons (Fsp3) is 0.625. The van der Waals surface area contributed by atoms with Gasteiger partial charge in [-0.05, 0) is 50.0 Å². The summed E-state index contributed by atoms with van der Waals surface area (Å²) in [5.74, 6) is 0. The fourth-order valence-corrected chi connectivity index (χ4v) is 4.01. The predicted molar refractivity (Wildman–Crippen MR) is 96.3 cm³/mol. The molecule has 1 saturated heterocycles. The number of nitrogens with zero attached hydrogens (tertiary/aromatic N) is 2. The average Bonchev–Trinajstić information content (AvgIpc) is 2.49. The highest BCUT2D eigenvalue weighted by Gasteiger charge is 2.22. The molecular formula is C16H28ClN3O2S. The lowest BCUT2D eigenvalue weighted by molar-refractivity contribution is 0.134. The van der Waals surface area contributed by atoms with E-state index in [2.05, 4.69) is 4.90 Å². The minimum Gasteiger partial charge on any atom is -0.330 e. The molecule has 132 valence electrons. The van der Waals surface area contributed by atoms with Crippen molar-refractivity contribution in [2.75, 3.05) is 27.2 Å². The Morgan fingerprint density at radius 2 is 2.04 bits per heavy atom. The molecule has 1 aliphatic rings. The Bertz CT molecular complexity index is 591. The Balaban J connectivity index is 0.00000264. The summed E-state index contributed by atoms with van der Waals surface area (Å²) >= 11 is 0. The van der Waals surface area contributed by atoms with E-state index in [9.17, 15) is 8.42 Å². The molecule has 0 bridgehead atoms. The molecule has 1 heterocycles. The number of piperidine rings is 1. The van der Waals surface area contributed by atoms with Crippen LogP contribution in [0.2, 0.25) is 0 Å². The second-order valence-electron chi connectivity index (χ2n) is 6.13. The molecule has 2 rings (SSSR count). The second-order valence-corrected chi connectivity index (χ2v) is 8.28. The summed E-state index contributed by atoms with van der Waals surface area (Å²) in [4.78, 5) is 2.81. The molecule has 0 aromatic heterocycles. The molecule has 1 aromatic carbocycles. The molecule has 0 radical (unpaired) electrons. The predicted octanol–water partition coefficient (Wildman–Crippen LogP) is 2.06. The van der Waals surface area contributed by atoms with E-state index < -0.39 is 10.0 Å². The van der Waals surface area contributed by atoms with Gasteiger partial charge in [-0.25, -0.2) is 12.7 Å². The van der Waals surface area contributed by atoms with E-state index in [1.807, 2.05) is 12.1 Å². The molecular weight excluding hydrogens is 334 g/mol. The van der Waals surface area contributed by atoms with E-state index in [4.69, 9.17) is 5.73 Å². The summed E-state index contributed by atoms with van der Waals surface area (Å²) in [6.07, 6.45) is 4.66. The summed E-state index contributed by atoms with van der Waals surface area (Å²) in [6.45, 7) is 2.56. The van der Waals surface area contributed by atoms with Gasteiger partial charge in [0, 0.05) is 26.7 Å². The van der Waals surface area contributed by atoms with Crippen molar-refractivity contribution in [1.82, 2.24) is 9.21 Å². The van der Waals surface area contributed by atoms with Crippen LogP contribution in [-0.2, 0) is 16.6 Å². The lowest BCUT2D eigenvalue weighted by Crippen LogP contribution is -2.40. The number of sulfonamides is 1. The zero-order valence-corrected chi connectivity index (χ0v) is 15.6. The number of benzene rings is 1. The van der Waals surface area contributed by atoms with Gasteiger partial charge >= 0.3 is 0 Å². The third kappa shape index (κ3) is 5.16. The molecule has 2 N–H and O–H groups in total. The van der Waals surface area contributed by atoms with Crippen LogP contribution in [-0.4, -0.2) is 50.8 Å². The van der Waals surface area contributed by atoms with Crippen LogP contribution in [0, 0.1) is 0 Å². The lowest BCUT2D eigenvalue weighted by Gasteiger charge is -2.35. The van der Waals surface area contributed by atoms with Crippen LogP contribution in [0.3, 0.4) is 0 Å². The summed E-state index contributed by atoms with van der Waals surface area (Å²) in [6, 6.07) is 7.81. The zero-order valence-electron chi connectivity index (χ0n) is 13.9. The summed E-state index contributed by atoms with van der Waals surface area (Å²) in [5.41, 5.74) is 6.77. The first-order valence-corrected chi connectivity index (χ1v) is 9.34. The van der Waals surface area contributed by atoms with Crippen molar-refractivity contribution in [2.45, 2.75) is 43.2 Å². The topological polar surface area (TPSA) is 66.6 Å². The molecule has 0 aliphatic carbocycles. The first kappa shape index (κ1) is 20.4. The van der Waals surface area contributed by atoms with Gasteiger partial charge in [0.1, 0.15) is 0 Å². The number of likely N-dealkylation sites (tertiary alicyclic amines) is 1. The van der Waals surface area contributed by atoms with Gasteiger partial charge in [-0.3, -0.25) is 4.90 Å². The van der Waals surface area contributed by atoms with Crippen molar-refractivity contribution >= 4 is 22.4 Å². The minimum absolute atomic E-state index is 0. The number of halogens is 1. The molecule has 1 aromatic rings. The van der Waals surface area contributed by atoms with E-state index in [1.165, 1.54) is 23.6 Å². The van der Waals surface area contributed by atoms with Gasteiger partial charge in [0.05, 0.1) is 4.90 Å². The van der Waals surface area contributed by atoms with E-state index >= 15 is 0 Å².